The zero-order valence-electron chi connectivity index (χ0n) is 8.36. The Balaban J connectivity index is 2.06. The first-order valence-electron chi connectivity index (χ1n) is 5.17. The van der Waals surface area contributed by atoms with Crippen LogP contribution in [0.1, 0.15) is 17.0 Å². The highest BCUT2D eigenvalue weighted by atomic mass is 32.1. The van der Waals surface area contributed by atoms with Gasteiger partial charge in [-0.05, 0) is 31.4 Å². The number of nitrogen functional groups attached to an aromatic ring is 1. The minimum atomic E-state index is 0.808. The molecule has 2 N–H and O–H groups in total. The molecule has 0 spiro atoms. The van der Waals surface area contributed by atoms with Crippen LogP contribution in [0.25, 0.3) is 10.6 Å². The normalized spacial score (nSPS) is 14.1. The van der Waals surface area contributed by atoms with Crippen molar-refractivity contribution in [3.8, 4) is 10.6 Å². The molecular weight excluding hydrogens is 204 g/mol. The van der Waals surface area contributed by atoms with Crippen LogP contribution in [0.4, 0.5) is 5.69 Å². The van der Waals surface area contributed by atoms with E-state index < -0.39 is 0 Å². The number of fused-ring (bicyclic) bond motifs is 1. The largest absolute Gasteiger partial charge is 0.399 e. The summed E-state index contributed by atoms with van der Waals surface area (Å²) < 4.78 is 0. The first-order chi connectivity index (χ1) is 7.33. The molecule has 1 aromatic heterocycles. The second-order valence-electron chi connectivity index (χ2n) is 3.87. The Morgan fingerprint density at radius 1 is 1.27 bits per heavy atom. The maximum absolute atomic E-state index is 5.76. The van der Waals surface area contributed by atoms with Crippen molar-refractivity contribution in [2.45, 2.75) is 19.3 Å². The SMILES string of the molecule is Nc1cccc(-c2nc3c(s2)CCC3)c1. The molecule has 1 aliphatic rings. The average Bonchev–Trinajstić information content (AvgIpc) is 2.76. The van der Waals surface area contributed by atoms with Crippen LogP contribution in [0.2, 0.25) is 0 Å². The number of rotatable bonds is 1. The molecule has 0 radical (unpaired) electrons. The predicted octanol–water partition coefficient (Wildman–Crippen LogP) is 2.88. The molecular formula is C12H12N2S. The van der Waals surface area contributed by atoms with Gasteiger partial charge < -0.3 is 5.73 Å². The number of aromatic nitrogens is 1. The van der Waals surface area contributed by atoms with E-state index in [0.717, 1.165) is 22.7 Å². The quantitative estimate of drug-likeness (QED) is 0.744. The summed E-state index contributed by atoms with van der Waals surface area (Å²) in [4.78, 5) is 6.13. The van der Waals surface area contributed by atoms with E-state index in [0.29, 0.717) is 0 Å². The van der Waals surface area contributed by atoms with Crippen LogP contribution >= 0.6 is 11.3 Å². The summed E-state index contributed by atoms with van der Waals surface area (Å²) in [6.45, 7) is 0. The minimum Gasteiger partial charge on any atom is -0.399 e. The smallest absolute Gasteiger partial charge is 0.123 e. The van der Waals surface area contributed by atoms with Crippen LogP contribution in [0.3, 0.4) is 0 Å². The zero-order chi connectivity index (χ0) is 10.3. The number of nitrogens with two attached hydrogens (primary N) is 1. The van der Waals surface area contributed by atoms with Gasteiger partial charge in [0.1, 0.15) is 5.01 Å². The van der Waals surface area contributed by atoms with E-state index in [2.05, 4.69) is 11.1 Å². The Labute approximate surface area is 92.8 Å². The van der Waals surface area contributed by atoms with E-state index in [-0.39, 0.29) is 0 Å². The summed E-state index contributed by atoms with van der Waals surface area (Å²) in [5, 5.41) is 1.12. The molecule has 1 heterocycles. The number of aryl methyl sites for hydroxylation is 2. The lowest BCUT2D eigenvalue weighted by Gasteiger charge is -1.97. The molecule has 3 heteroatoms. The molecule has 0 fully saturated rings. The van der Waals surface area contributed by atoms with E-state index in [4.69, 9.17) is 5.73 Å². The van der Waals surface area contributed by atoms with Gasteiger partial charge in [0.2, 0.25) is 0 Å². The van der Waals surface area contributed by atoms with Crippen LogP contribution < -0.4 is 5.73 Å². The van der Waals surface area contributed by atoms with Gasteiger partial charge in [-0.25, -0.2) is 4.98 Å². The molecule has 0 aliphatic heterocycles. The van der Waals surface area contributed by atoms with Crippen molar-refractivity contribution < 1.29 is 0 Å². The first-order valence-corrected chi connectivity index (χ1v) is 5.99. The van der Waals surface area contributed by atoms with Gasteiger partial charge in [-0.1, -0.05) is 12.1 Å². The van der Waals surface area contributed by atoms with Crippen molar-refractivity contribution in [2.24, 2.45) is 0 Å². The summed E-state index contributed by atoms with van der Waals surface area (Å²) in [7, 11) is 0. The Hall–Kier alpha value is -1.35. The second kappa shape index (κ2) is 3.35. The fourth-order valence-electron chi connectivity index (χ4n) is 1.99. The molecule has 2 aromatic rings. The fraction of sp³-hybridized carbons (Fsp3) is 0.250. The number of nitrogens with zero attached hydrogens (tertiary/aromatic N) is 1. The number of hydrogen-bond acceptors (Lipinski definition) is 3. The summed E-state index contributed by atoms with van der Waals surface area (Å²) in [5.74, 6) is 0. The third-order valence-electron chi connectivity index (χ3n) is 2.73. The van der Waals surface area contributed by atoms with Crippen LogP contribution in [0, 0.1) is 0 Å². The third kappa shape index (κ3) is 1.53. The summed E-state index contributed by atoms with van der Waals surface area (Å²) >= 11 is 1.82. The molecule has 0 saturated heterocycles. The van der Waals surface area contributed by atoms with Crippen molar-refractivity contribution in [1.82, 2.24) is 4.98 Å². The molecule has 1 aliphatic carbocycles. The standard InChI is InChI=1S/C12H12N2S/c13-9-4-1-3-8(7-9)12-14-10-5-2-6-11(10)15-12/h1,3-4,7H,2,5-6,13H2. The van der Waals surface area contributed by atoms with E-state index >= 15 is 0 Å². The molecule has 0 unspecified atom stereocenters. The van der Waals surface area contributed by atoms with Gasteiger partial charge in [-0.15, -0.1) is 11.3 Å². The Bertz CT molecular complexity index is 481. The van der Waals surface area contributed by atoms with E-state index in [9.17, 15) is 0 Å². The van der Waals surface area contributed by atoms with Crippen LogP contribution in [-0.2, 0) is 12.8 Å². The average molecular weight is 216 g/mol. The van der Waals surface area contributed by atoms with Gasteiger partial charge in [0, 0.05) is 16.1 Å². The molecule has 0 saturated carbocycles. The lowest BCUT2D eigenvalue weighted by molar-refractivity contribution is 0.900. The molecule has 76 valence electrons. The molecule has 2 nitrogen and oxygen atoms in total. The molecule has 3 rings (SSSR count). The highest BCUT2D eigenvalue weighted by molar-refractivity contribution is 7.15. The monoisotopic (exact) mass is 216 g/mol. The van der Waals surface area contributed by atoms with E-state index in [1.165, 1.54) is 23.4 Å². The van der Waals surface area contributed by atoms with Crippen molar-refractivity contribution in [3.05, 3.63) is 34.8 Å². The van der Waals surface area contributed by atoms with Gasteiger partial charge in [-0.2, -0.15) is 0 Å². The topological polar surface area (TPSA) is 38.9 Å². The number of anilines is 1. The number of benzene rings is 1. The lowest BCUT2D eigenvalue weighted by Crippen LogP contribution is -1.85. The summed E-state index contributed by atoms with van der Waals surface area (Å²) in [6, 6.07) is 7.96. The van der Waals surface area contributed by atoms with Gasteiger partial charge in [-0.3, -0.25) is 0 Å². The van der Waals surface area contributed by atoms with Crippen molar-refractivity contribution in [3.63, 3.8) is 0 Å². The van der Waals surface area contributed by atoms with Gasteiger partial charge in [0.25, 0.3) is 0 Å². The predicted molar refractivity (Wildman–Crippen MR) is 64.0 cm³/mol. The summed E-state index contributed by atoms with van der Waals surface area (Å²) in [6.07, 6.45) is 3.62. The molecule has 0 bridgehead atoms. The van der Waals surface area contributed by atoms with Gasteiger partial charge in [0.15, 0.2) is 0 Å². The van der Waals surface area contributed by atoms with Crippen molar-refractivity contribution in [1.29, 1.82) is 0 Å². The Morgan fingerprint density at radius 2 is 2.20 bits per heavy atom. The maximum Gasteiger partial charge on any atom is 0.123 e. The minimum absolute atomic E-state index is 0.808. The van der Waals surface area contributed by atoms with E-state index in [1.807, 2.05) is 29.5 Å². The van der Waals surface area contributed by atoms with Crippen LogP contribution in [0.15, 0.2) is 24.3 Å². The van der Waals surface area contributed by atoms with Crippen LogP contribution in [0.5, 0.6) is 0 Å². The number of hydrogen-bond donors (Lipinski definition) is 1. The highest BCUT2D eigenvalue weighted by Crippen LogP contribution is 2.33. The van der Waals surface area contributed by atoms with Gasteiger partial charge in [0.05, 0.1) is 5.69 Å². The van der Waals surface area contributed by atoms with Crippen LogP contribution in [-0.4, -0.2) is 4.98 Å². The fourth-order valence-corrected chi connectivity index (χ4v) is 3.13. The van der Waals surface area contributed by atoms with Crippen molar-refractivity contribution in [2.75, 3.05) is 5.73 Å². The highest BCUT2D eigenvalue weighted by Gasteiger charge is 2.17. The maximum atomic E-state index is 5.76. The van der Waals surface area contributed by atoms with E-state index in [1.54, 1.807) is 0 Å². The Morgan fingerprint density at radius 3 is 3.00 bits per heavy atom. The molecule has 0 amide bonds. The first kappa shape index (κ1) is 8.92. The van der Waals surface area contributed by atoms with Gasteiger partial charge >= 0.3 is 0 Å². The third-order valence-corrected chi connectivity index (χ3v) is 3.94. The molecule has 1 aromatic carbocycles. The number of thiazole rings is 1. The summed E-state index contributed by atoms with van der Waals surface area (Å²) in [5.41, 5.74) is 9.02. The Kier molecular flexibility index (Phi) is 1.99. The zero-order valence-corrected chi connectivity index (χ0v) is 9.18. The molecule has 0 atom stereocenters. The van der Waals surface area contributed by atoms with Crippen molar-refractivity contribution >= 4 is 17.0 Å². The molecule has 15 heavy (non-hydrogen) atoms. The second-order valence-corrected chi connectivity index (χ2v) is 4.95. The lowest BCUT2D eigenvalue weighted by atomic mass is 10.2.